The van der Waals surface area contributed by atoms with E-state index in [0.29, 0.717) is 40.1 Å². The summed E-state index contributed by atoms with van der Waals surface area (Å²) in [4.78, 5) is 23.2. The summed E-state index contributed by atoms with van der Waals surface area (Å²) in [5.41, 5.74) is 0.668. The molecular formula is C21H16N4O2S2. The number of nitrogens with zero attached hydrogens (tertiary/aromatic N) is 4. The Balaban J connectivity index is 1.50. The zero-order chi connectivity index (χ0) is 19.8. The van der Waals surface area contributed by atoms with Crippen molar-refractivity contribution in [3.8, 4) is 10.7 Å². The van der Waals surface area contributed by atoms with Crippen LogP contribution in [0.4, 0.5) is 0 Å². The first-order valence-electron chi connectivity index (χ1n) is 9.15. The van der Waals surface area contributed by atoms with Crippen LogP contribution in [0.5, 0.6) is 0 Å². The molecule has 0 spiro atoms. The lowest BCUT2D eigenvalue weighted by Crippen LogP contribution is -2.22. The van der Waals surface area contributed by atoms with E-state index < -0.39 is 0 Å². The smallest absolute Gasteiger partial charge is 0.262 e. The summed E-state index contributed by atoms with van der Waals surface area (Å²) < 4.78 is 7.06. The number of rotatable bonds is 5. The summed E-state index contributed by atoms with van der Waals surface area (Å²) in [6.07, 6.45) is 0. The van der Waals surface area contributed by atoms with Gasteiger partial charge in [-0.3, -0.25) is 9.36 Å². The van der Waals surface area contributed by atoms with Crippen molar-refractivity contribution < 1.29 is 4.52 Å². The molecule has 29 heavy (non-hydrogen) atoms. The zero-order valence-corrected chi connectivity index (χ0v) is 17.2. The Morgan fingerprint density at radius 1 is 1.10 bits per heavy atom. The van der Waals surface area contributed by atoms with Gasteiger partial charge in [-0.2, -0.15) is 4.98 Å². The first-order chi connectivity index (χ1) is 14.2. The molecule has 0 aliphatic carbocycles. The van der Waals surface area contributed by atoms with Gasteiger partial charge in [0, 0.05) is 6.54 Å². The van der Waals surface area contributed by atoms with Gasteiger partial charge in [0.25, 0.3) is 5.56 Å². The topological polar surface area (TPSA) is 73.8 Å². The molecule has 5 rings (SSSR count). The quantitative estimate of drug-likeness (QED) is 0.227. The van der Waals surface area contributed by atoms with Crippen molar-refractivity contribution in [2.45, 2.75) is 24.4 Å². The molecule has 0 radical (unpaired) electrons. The molecule has 0 fully saturated rings. The van der Waals surface area contributed by atoms with E-state index in [2.05, 4.69) is 10.1 Å². The summed E-state index contributed by atoms with van der Waals surface area (Å²) in [6, 6.07) is 15.8. The van der Waals surface area contributed by atoms with Crippen LogP contribution in [0, 0.1) is 0 Å². The third-order valence-electron chi connectivity index (χ3n) is 4.64. The van der Waals surface area contributed by atoms with Crippen LogP contribution in [-0.2, 0) is 12.3 Å². The van der Waals surface area contributed by atoms with Crippen molar-refractivity contribution in [3.63, 3.8) is 0 Å². The lowest BCUT2D eigenvalue weighted by atomic mass is 10.1. The minimum atomic E-state index is -0.0319. The Hall–Kier alpha value is -2.97. The van der Waals surface area contributed by atoms with E-state index in [9.17, 15) is 4.79 Å². The Morgan fingerprint density at radius 2 is 1.93 bits per heavy atom. The third kappa shape index (κ3) is 3.34. The molecule has 0 bridgehead atoms. The molecule has 3 aromatic heterocycles. The van der Waals surface area contributed by atoms with Gasteiger partial charge in [-0.1, -0.05) is 47.3 Å². The van der Waals surface area contributed by atoms with Crippen molar-refractivity contribution in [2.75, 3.05) is 0 Å². The predicted molar refractivity (Wildman–Crippen MR) is 116 cm³/mol. The van der Waals surface area contributed by atoms with E-state index in [1.807, 2.05) is 60.8 Å². The van der Waals surface area contributed by atoms with Crippen molar-refractivity contribution in [2.24, 2.45) is 0 Å². The fourth-order valence-electron chi connectivity index (χ4n) is 3.22. The maximum absolute atomic E-state index is 13.1. The lowest BCUT2D eigenvalue weighted by Gasteiger charge is -2.11. The second-order valence-electron chi connectivity index (χ2n) is 6.44. The van der Waals surface area contributed by atoms with Gasteiger partial charge in [-0.05, 0) is 41.3 Å². The molecule has 3 heterocycles. The molecule has 0 atom stereocenters. The second-order valence-corrected chi connectivity index (χ2v) is 8.33. The molecule has 0 aliphatic rings. The standard InChI is InChI=1S/C21H16N4O2S2/c1-2-25-20(26)15-10-13-6-3-4-7-14(13)11-16(15)22-21(25)29-12-18-23-19(24-27-18)17-8-5-9-28-17/h3-11H,2,12H2,1H3. The molecule has 0 N–H and O–H groups in total. The maximum atomic E-state index is 13.1. The van der Waals surface area contributed by atoms with Crippen molar-refractivity contribution in [3.05, 3.63) is 70.2 Å². The van der Waals surface area contributed by atoms with Crippen LogP contribution < -0.4 is 5.56 Å². The van der Waals surface area contributed by atoms with Crippen LogP contribution in [0.15, 0.2) is 68.4 Å². The number of benzene rings is 2. The Bertz CT molecular complexity index is 1370. The molecule has 0 aliphatic heterocycles. The molecule has 6 nitrogen and oxygen atoms in total. The average molecular weight is 421 g/mol. The number of thioether (sulfide) groups is 1. The van der Waals surface area contributed by atoms with Crippen molar-refractivity contribution in [1.29, 1.82) is 0 Å². The van der Waals surface area contributed by atoms with Gasteiger partial charge < -0.3 is 4.52 Å². The van der Waals surface area contributed by atoms with Crippen LogP contribution in [0.1, 0.15) is 12.8 Å². The summed E-state index contributed by atoms with van der Waals surface area (Å²) in [6.45, 7) is 2.49. The molecular weight excluding hydrogens is 404 g/mol. The lowest BCUT2D eigenvalue weighted by molar-refractivity contribution is 0.391. The molecule has 0 saturated heterocycles. The maximum Gasteiger partial charge on any atom is 0.262 e. The SMILES string of the molecule is CCn1c(SCc2nc(-c3cccs3)no2)nc2cc3ccccc3cc2c1=O. The molecule has 8 heteroatoms. The Kier molecular flexibility index (Phi) is 4.65. The van der Waals surface area contributed by atoms with E-state index in [-0.39, 0.29) is 5.56 Å². The van der Waals surface area contributed by atoms with E-state index in [4.69, 9.17) is 9.51 Å². The van der Waals surface area contributed by atoms with Gasteiger partial charge in [-0.25, -0.2) is 4.98 Å². The van der Waals surface area contributed by atoms with Gasteiger partial charge in [0.15, 0.2) is 5.16 Å². The van der Waals surface area contributed by atoms with Crippen LogP contribution in [0.3, 0.4) is 0 Å². The number of fused-ring (bicyclic) bond motifs is 2. The van der Waals surface area contributed by atoms with E-state index in [0.717, 1.165) is 15.6 Å². The highest BCUT2D eigenvalue weighted by atomic mass is 32.2. The van der Waals surface area contributed by atoms with Gasteiger partial charge in [0.1, 0.15) is 0 Å². The Labute approximate surface area is 174 Å². The number of hydrogen-bond acceptors (Lipinski definition) is 7. The van der Waals surface area contributed by atoms with E-state index in [1.54, 1.807) is 15.9 Å². The highest BCUT2D eigenvalue weighted by molar-refractivity contribution is 7.98. The number of aromatic nitrogens is 4. The van der Waals surface area contributed by atoms with Gasteiger partial charge >= 0.3 is 0 Å². The first-order valence-corrected chi connectivity index (χ1v) is 11.0. The largest absolute Gasteiger partial charge is 0.338 e. The van der Waals surface area contributed by atoms with Crippen LogP contribution >= 0.6 is 23.1 Å². The van der Waals surface area contributed by atoms with Crippen molar-refractivity contribution in [1.82, 2.24) is 19.7 Å². The summed E-state index contributed by atoms with van der Waals surface area (Å²) >= 11 is 2.99. The van der Waals surface area contributed by atoms with Gasteiger partial charge in [0.2, 0.25) is 11.7 Å². The number of hydrogen-bond donors (Lipinski definition) is 0. The normalized spacial score (nSPS) is 11.5. The molecule has 0 saturated carbocycles. The van der Waals surface area contributed by atoms with Crippen molar-refractivity contribution >= 4 is 44.8 Å². The number of thiophene rings is 1. The summed E-state index contributed by atoms with van der Waals surface area (Å²) in [7, 11) is 0. The van der Waals surface area contributed by atoms with E-state index >= 15 is 0 Å². The molecule has 0 amide bonds. The minimum absolute atomic E-state index is 0.0319. The van der Waals surface area contributed by atoms with Crippen LogP contribution in [0.2, 0.25) is 0 Å². The molecule has 144 valence electrons. The van der Waals surface area contributed by atoms with Gasteiger partial charge in [0.05, 0.1) is 21.5 Å². The summed E-state index contributed by atoms with van der Waals surface area (Å²) in [5, 5.41) is 9.39. The molecule has 0 unspecified atom stereocenters. The fourth-order valence-corrected chi connectivity index (χ4v) is 4.77. The monoisotopic (exact) mass is 420 g/mol. The van der Waals surface area contributed by atoms with E-state index in [1.165, 1.54) is 11.8 Å². The first kappa shape index (κ1) is 18.1. The predicted octanol–water partition coefficient (Wildman–Crippen LogP) is 4.97. The molecule has 5 aromatic rings. The highest BCUT2D eigenvalue weighted by Gasteiger charge is 2.14. The minimum Gasteiger partial charge on any atom is -0.338 e. The zero-order valence-electron chi connectivity index (χ0n) is 15.5. The average Bonchev–Trinajstić information content (AvgIpc) is 3.43. The summed E-state index contributed by atoms with van der Waals surface area (Å²) in [5.74, 6) is 1.54. The fraction of sp³-hybridized carbons (Fsp3) is 0.143. The Morgan fingerprint density at radius 3 is 2.69 bits per heavy atom. The van der Waals surface area contributed by atoms with Crippen LogP contribution in [0.25, 0.3) is 32.4 Å². The van der Waals surface area contributed by atoms with Gasteiger partial charge in [-0.15, -0.1) is 11.3 Å². The highest BCUT2D eigenvalue weighted by Crippen LogP contribution is 2.26. The molecule has 2 aromatic carbocycles. The third-order valence-corrected chi connectivity index (χ3v) is 6.46. The second kappa shape index (κ2) is 7.46. The van der Waals surface area contributed by atoms with Crippen LogP contribution in [-0.4, -0.2) is 19.7 Å².